The lowest BCUT2D eigenvalue weighted by Crippen LogP contribution is -2.36. The van der Waals surface area contributed by atoms with E-state index in [2.05, 4.69) is 23.8 Å². The molecule has 5 nitrogen and oxygen atoms in total. The first-order valence-electron chi connectivity index (χ1n) is 8.34. The van der Waals surface area contributed by atoms with Crippen LogP contribution in [0.3, 0.4) is 0 Å². The predicted molar refractivity (Wildman–Crippen MR) is 94.4 cm³/mol. The Labute approximate surface area is 146 Å². The van der Waals surface area contributed by atoms with Gasteiger partial charge in [0, 0.05) is 41.2 Å². The molecule has 1 unspecified atom stereocenters. The maximum absolute atomic E-state index is 12.8. The zero-order chi connectivity index (χ0) is 16.9. The van der Waals surface area contributed by atoms with Crippen LogP contribution in [0.25, 0.3) is 0 Å². The average molecular weight is 345 g/mol. The molecule has 1 atom stereocenters. The number of ether oxygens (including phenoxy) is 1. The molecule has 3 heterocycles. The van der Waals surface area contributed by atoms with Gasteiger partial charge in [0.15, 0.2) is 0 Å². The molecule has 3 rings (SSSR count). The normalized spacial score (nSPS) is 18.6. The third-order valence-corrected chi connectivity index (χ3v) is 5.43. The molecule has 0 aromatic carbocycles. The minimum absolute atomic E-state index is 0.108. The van der Waals surface area contributed by atoms with Gasteiger partial charge in [-0.1, -0.05) is 13.8 Å². The highest BCUT2D eigenvalue weighted by molar-refractivity contribution is 7.10. The molecule has 1 amide bonds. The van der Waals surface area contributed by atoms with E-state index in [0.717, 1.165) is 17.7 Å². The lowest BCUT2D eigenvalue weighted by Gasteiger charge is -2.23. The third-order valence-electron chi connectivity index (χ3n) is 4.20. The van der Waals surface area contributed by atoms with Crippen molar-refractivity contribution in [3.8, 4) is 0 Å². The van der Waals surface area contributed by atoms with Crippen LogP contribution in [-0.2, 0) is 11.2 Å². The second-order valence-corrected chi connectivity index (χ2v) is 7.43. The van der Waals surface area contributed by atoms with Gasteiger partial charge in [0.2, 0.25) is 0 Å². The van der Waals surface area contributed by atoms with E-state index in [0.29, 0.717) is 32.2 Å². The first-order valence-corrected chi connectivity index (χ1v) is 9.21. The SMILES string of the molecule is CC(C)c1cc(C(=O)N2CCOCC(Cc3ccncn3)C2)cs1. The molecule has 1 fully saturated rings. The van der Waals surface area contributed by atoms with Crippen molar-refractivity contribution in [3.05, 3.63) is 46.2 Å². The van der Waals surface area contributed by atoms with Crippen molar-refractivity contribution in [1.82, 2.24) is 14.9 Å². The van der Waals surface area contributed by atoms with Gasteiger partial charge in [0.25, 0.3) is 5.91 Å². The highest BCUT2D eigenvalue weighted by Gasteiger charge is 2.24. The summed E-state index contributed by atoms with van der Waals surface area (Å²) in [6.07, 6.45) is 4.11. The average Bonchev–Trinajstić information content (AvgIpc) is 2.97. The van der Waals surface area contributed by atoms with E-state index in [1.54, 1.807) is 23.9 Å². The molecule has 1 aliphatic rings. The van der Waals surface area contributed by atoms with E-state index in [1.165, 1.54) is 4.88 Å². The molecule has 2 aromatic heterocycles. The van der Waals surface area contributed by atoms with Crippen molar-refractivity contribution in [1.29, 1.82) is 0 Å². The van der Waals surface area contributed by atoms with Gasteiger partial charge in [-0.15, -0.1) is 11.3 Å². The zero-order valence-corrected chi connectivity index (χ0v) is 15.0. The second kappa shape index (κ2) is 7.85. The number of thiophene rings is 1. The monoisotopic (exact) mass is 345 g/mol. The Morgan fingerprint density at radius 3 is 3.08 bits per heavy atom. The number of carbonyl (C=O) groups excluding carboxylic acids is 1. The number of hydrogen-bond donors (Lipinski definition) is 0. The van der Waals surface area contributed by atoms with Gasteiger partial charge < -0.3 is 9.64 Å². The molecule has 1 aliphatic heterocycles. The molecule has 0 bridgehead atoms. The Balaban J connectivity index is 1.68. The van der Waals surface area contributed by atoms with Gasteiger partial charge in [-0.3, -0.25) is 4.79 Å². The first-order chi connectivity index (χ1) is 11.6. The van der Waals surface area contributed by atoms with Crippen LogP contribution in [0.15, 0.2) is 30.0 Å². The van der Waals surface area contributed by atoms with Crippen molar-refractivity contribution >= 4 is 17.2 Å². The molecular formula is C18H23N3O2S. The molecule has 0 radical (unpaired) electrons. The summed E-state index contributed by atoms with van der Waals surface area (Å²) in [6, 6.07) is 3.95. The van der Waals surface area contributed by atoms with E-state index >= 15 is 0 Å². The van der Waals surface area contributed by atoms with Crippen LogP contribution in [0.2, 0.25) is 0 Å². The third kappa shape index (κ3) is 4.19. The fourth-order valence-corrected chi connectivity index (χ4v) is 3.77. The Hall–Kier alpha value is -1.79. The fourth-order valence-electron chi connectivity index (χ4n) is 2.87. The van der Waals surface area contributed by atoms with Crippen molar-refractivity contribution in [2.45, 2.75) is 26.2 Å². The number of carbonyl (C=O) groups is 1. The molecule has 24 heavy (non-hydrogen) atoms. The van der Waals surface area contributed by atoms with Crippen LogP contribution in [-0.4, -0.2) is 47.1 Å². The van der Waals surface area contributed by atoms with Crippen LogP contribution in [0.4, 0.5) is 0 Å². The number of nitrogens with zero attached hydrogens (tertiary/aromatic N) is 3. The van der Waals surface area contributed by atoms with Crippen LogP contribution in [0.5, 0.6) is 0 Å². The zero-order valence-electron chi connectivity index (χ0n) is 14.1. The minimum atomic E-state index is 0.108. The summed E-state index contributed by atoms with van der Waals surface area (Å²) < 4.78 is 5.70. The summed E-state index contributed by atoms with van der Waals surface area (Å²) in [5.74, 6) is 0.820. The van der Waals surface area contributed by atoms with E-state index in [4.69, 9.17) is 4.74 Å². The summed E-state index contributed by atoms with van der Waals surface area (Å²) in [5, 5.41) is 1.98. The van der Waals surface area contributed by atoms with Gasteiger partial charge in [-0.05, 0) is 24.5 Å². The number of rotatable bonds is 4. The molecule has 0 aliphatic carbocycles. The first kappa shape index (κ1) is 17.0. The molecule has 128 valence electrons. The lowest BCUT2D eigenvalue weighted by atomic mass is 10.0. The molecule has 6 heteroatoms. The van der Waals surface area contributed by atoms with Crippen LogP contribution in [0.1, 0.15) is 40.7 Å². The standard InChI is InChI=1S/C18H23N3O2S/c1-13(2)17-8-15(11-24-17)18(22)21-5-6-23-10-14(9-21)7-16-3-4-19-12-20-16/h3-4,8,11-14H,5-7,9-10H2,1-2H3. The highest BCUT2D eigenvalue weighted by atomic mass is 32.1. The minimum Gasteiger partial charge on any atom is -0.379 e. The molecule has 2 aromatic rings. The van der Waals surface area contributed by atoms with Crippen molar-refractivity contribution < 1.29 is 9.53 Å². The Morgan fingerprint density at radius 2 is 2.38 bits per heavy atom. The fraction of sp³-hybridized carbons (Fsp3) is 0.500. The van der Waals surface area contributed by atoms with Gasteiger partial charge in [-0.2, -0.15) is 0 Å². The maximum atomic E-state index is 12.8. The summed E-state index contributed by atoms with van der Waals surface area (Å²) >= 11 is 1.66. The summed E-state index contributed by atoms with van der Waals surface area (Å²) in [4.78, 5) is 24.2. The Kier molecular flexibility index (Phi) is 5.58. The predicted octanol–water partition coefficient (Wildman–Crippen LogP) is 2.99. The van der Waals surface area contributed by atoms with E-state index in [1.807, 2.05) is 22.4 Å². The van der Waals surface area contributed by atoms with Gasteiger partial charge in [-0.25, -0.2) is 9.97 Å². The van der Waals surface area contributed by atoms with E-state index in [9.17, 15) is 4.79 Å². The topological polar surface area (TPSA) is 55.3 Å². The molecule has 1 saturated heterocycles. The van der Waals surface area contributed by atoms with Gasteiger partial charge >= 0.3 is 0 Å². The summed E-state index contributed by atoms with van der Waals surface area (Å²) in [6.45, 7) is 6.90. The van der Waals surface area contributed by atoms with E-state index in [-0.39, 0.29) is 11.8 Å². The van der Waals surface area contributed by atoms with Gasteiger partial charge in [0.05, 0.1) is 18.8 Å². The molecule has 0 saturated carbocycles. The summed E-state index contributed by atoms with van der Waals surface area (Å²) in [5.41, 5.74) is 1.79. The number of aromatic nitrogens is 2. The quantitative estimate of drug-likeness (QED) is 0.855. The maximum Gasteiger partial charge on any atom is 0.254 e. The number of hydrogen-bond acceptors (Lipinski definition) is 5. The van der Waals surface area contributed by atoms with Crippen molar-refractivity contribution in [2.75, 3.05) is 26.3 Å². The smallest absolute Gasteiger partial charge is 0.254 e. The van der Waals surface area contributed by atoms with Gasteiger partial charge in [0.1, 0.15) is 6.33 Å². The molecule has 0 N–H and O–H groups in total. The second-order valence-electron chi connectivity index (χ2n) is 6.49. The van der Waals surface area contributed by atoms with E-state index < -0.39 is 0 Å². The Morgan fingerprint density at radius 1 is 1.50 bits per heavy atom. The molecular weight excluding hydrogens is 322 g/mol. The lowest BCUT2D eigenvalue weighted by molar-refractivity contribution is 0.0737. The van der Waals surface area contributed by atoms with Crippen molar-refractivity contribution in [3.63, 3.8) is 0 Å². The van der Waals surface area contributed by atoms with Crippen LogP contribution >= 0.6 is 11.3 Å². The molecule has 0 spiro atoms. The summed E-state index contributed by atoms with van der Waals surface area (Å²) in [7, 11) is 0. The van der Waals surface area contributed by atoms with Crippen molar-refractivity contribution in [2.24, 2.45) is 5.92 Å². The highest BCUT2D eigenvalue weighted by Crippen LogP contribution is 2.24. The van der Waals surface area contributed by atoms with Crippen LogP contribution in [0, 0.1) is 5.92 Å². The largest absolute Gasteiger partial charge is 0.379 e. The Bertz CT molecular complexity index is 672. The number of amides is 1. The van der Waals surface area contributed by atoms with Crippen LogP contribution < -0.4 is 0 Å².